The van der Waals surface area contributed by atoms with Crippen molar-refractivity contribution in [2.24, 2.45) is 0 Å². The molecule has 4 heteroatoms. The number of benzene rings is 2. The number of aromatic nitrogens is 1. The van der Waals surface area contributed by atoms with Gasteiger partial charge in [0.25, 0.3) is 0 Å². The predicted octanol–water partition coefficient (Wildman–Crippen LogP) is 4.80. The van der Waals surface area contributed by atoms with Crippen molar-refractivity contribution in [3.63, 3.8) is 0 Å². The van der Waals surface area contributed by atoms with Crippen LogP contribution in [-0.2, 0) is 13.1 Å². The molecule has 4 aromatic rings. The number of fused-ring (bicyclic) bond motifs is 2. The van der Waals surface area contributed by atoms with Gasteiger partial charge in [0, 0.05) is 17.8 Å². The Bertz CT molecular complexity index is 859. The molecule has 2 nitrogen and oxygen atoms in total. The van der Waals surface area contributed by atoms with Crippen molar-refractivity contribution in [1.82, 2.24) is 10.3 Å². The molecule has 0 saturated heterocycles. The average Bonchev–Trinajstić information content (AvgIpc) is 3.11. The van der Waals surface area contributed by atoms with E-state index in [2.05, 4.69) is 58.1 Å². The molecule has 0 radical (unpaired) electrons. The highest BCUT2D eigenvalue weighted by molar-refractivity contribution is 7.18. The van der Waals surface area contributed by atoms with Crippen LogP contribution in [0, 0.1) is 0 Å². The van der Waals surface area contributed by atoms with Crippen LogP contribution in [0.25, 0.3) is 20.3 Å². The van der Waals surface area contributed by atoms with Crippen molar-refractivity contribution in [1.29, 1.82) is 0 Å². The van der Waals surface area contributed by atoms with Crippen LogP contribution in [0.15, 0.2) is 53.9 Å². The fourth-order valence-corrected chi connectivity index (χ4v) is 4.37. The van der Waals surface area contributed by atoms with E-state index in [-0.39, 0.29) is 0 Å². The molecule has 0 atom stereocenters. The second-order valence-corrected chi connectivity index (χ2v) is 6.96. The molecule has 0 bridgehead atoms. The fourth-order valence-electron chi connectivity index (χ4n) is 2.47. The standard InChI is InChI=1S/C17H14N2S2/c1-3-7-15-13(5-1)12(11-20-15)9-18-10-17-19-14-6-2-4-8-16(14)21-17/h1-8,11,18H,9-10H2. The normalized spacial score (nSPS) is 11.4. The Balaban J connectivity index is 1.47. The van der Waals surface area contributed by atoms with E-state index in [1.807, 2.05) is 17.4 Å². The average molecular weight is 310 g/mol. The Morgan fingerprint density at radius 2 is 1.71 bits per heavy atom. The molecule has 0 aliphatic rings. The number of nitrogens with one attached hydrogen (secondary N) is 1. The van der Waals surface area contributed by atoms with E-state index in [1.165, 1.54) is 20.3 Å². The van der Waals surface area contributed by atoms with E-state index in [0.29, 0.717) is 0 Å². The topological polar surface area (TPSA) is 24.9 Å². The summed E-state index contributed by atoms with van der Waals surface area (Å²) in [5, 5.41) is 8.27. The molecule has 0 saturated carbocycles. The summed E-state index contributed by atoms with van der Waals surface area (Å²) in [6.07, 6.45) is 0. The third kappa shape index (κ3) is 2.58. The molecule has 0 unspecified atom stereocenters. The highest BCUT2D eigenvalue weighted by Crippen LogP contribution is 2.26. The predicted molar refractivity (Wildman–Crippen MR) is 92.0 cm³/mol. The van der Waals surface area contributed by atoms with Crippen LogP contribution < -0.4 is 5.32 Å². The van der Waals surface area contributed by atoms with Gasteiger partial charge in [0.2, 0.25) is 0 Å². The summed E-state index contributed by atoms with van der Waals surface area (Å²) < 4.78 is 2.62. The lowest BCUT2D eigenvalue weighted by Crippen LogP contribution is -2.11. The summed E-state index contributed by atoms with van der Waals surface area (Å²) in [4.78, 5) is 4.65. The zero-order valence-corrected chi connectivity index (χ0v) is 13.0. The number of nitrogens with zero attached hydrogens (tertiary/aromatic N) is 1. The Labute approximate surface area is 131 Å². The van der Waals surface area contributed by atoms with Gasteiger partial charge in [-0.05, 0) is 34.5 Å². The van der Waals surface area contributed by atoms with E-state index in [9.17, 15) is 0 Å². The molecule has 1 N–H and O–H groups in total. The lowest BCUT2D eigenvalue weighted by atomic mass is 10.2. The SMILES string of the molecule is c1ccc2sc(CNCc3csc4ccccc34)nc2c1. The Morgan fingerprint density at radius 1 is 0.905 bits per heavy atom. The van der Waals surface area contributed by atoms with E-state index in [1.54, 1.807) is 11.3 Å². The second kappa shape index (κ2) is 5.56. The Kier molecular flexibility index (Phi) is 3.43. The first-order valence-corrected chi connectivity index (χ1v) is 8.60. The minimum absolute atomic E-state index is 0.823. The Hall–Kier alpha value is -1.75. The summed E-state index contributed by atoms with van der Waals surface area (Å²) in [7, 11) is 0. The van der Waals surface area contributed by atoms with Gasteiger partial charge in [-0.25, -0.2) is 4.98 Å². The molecule has 2 heterocycles. The third-order valence-electron chi connectivity index (χ3n) is 3.49. The van der Waals surface area contributed by atoms with Crippen LogP contribution in [0.2, 0.25) is 0 Å². The van der Waals surface area contributed by atoms with Crippen molar-refractivity contribution in [3.05, 3.63) is 64.5 Å². The van der Waals surface area contributed by atoms with E-state index in [0.717, 1.165) is 23.6 Å². The fraction of sp³-hybridized carbons (Fsp3) is 0.118. The first kappa shape index (κ1) is 13.0. The minimum Gasteiger partial charge on any atom is -0.306 e. The molecular formula is C17H14N2S2. The molecule has 104 valence electrons. The lowest BCUT2D eigenvalue weighted by molar-refractivity contribution is 0.695. The van der Waals surface area contributed by atoms with Crippen molar-refractivity contribution in [2.75, 3.05) is 0 Å². The summed E-state index contributed by atoms with van der Waals surface area (Å²) in [6.45, 7) is 1.71. The summed E-state index contributed by atoms with van der Waals surface area (Å²) in [5.74, 6) is 0. The quantitative estimate of drug-likeness (QED) is 0.585. The van der Waals surface area contributed by atoms with Crippen molar-refractivity contribution in [2.45, 2.75) is 13.1 Å². The van der Waals surface area contributed by atoms with Crippen molar-refractivity contribution in [3.8, 4) is 0 Å². The molecular weight excluding hydrogens is 296 g/mol. The van der Waals surface area contributed by atoms with Crippen LogP contribution in [0.3, 0.4) is 0 Å². The maximum atomic E-state index is 4.65. The molecule has 0 aliphatic carbocycles. The zero-order valence-electron chi connectivity index (χ0n) is 11.4. The maximum absolute atomic E-state index is 4.65. The lowest BCUT2D eigenvalue weighted by Gasteiger charge is -2.01. The van der Waals surface area contributed by atoms with Gasteiger partial charge in [0.1, 0.15) is 5.01 Å². The van der Waals surface area contributed by atoms with Crippen LogP contribution >= 0.6 is 22.7 Å². The highest BCUT2D eigenvalue weighted by Gasteiger charge is 2.05. The van der Waals surface area contributed by atoms with Gasteiger partial charge < -0.3 is 5.32 Å². The number of hydrogen-bond donors (Lipinski definition) is 1. The number of rotatable bonds is 4. The van der Waals surface area contributed by atoms with Crippen LogP contribution in [0.5, 0.6) is 0 Å². The number of thiazole rings is 1. The van der Waals surface area contributed by atoms with Crippen LogP contribution in [-0.4, -0.2) is 4.98 Å². The highest BCUT2D eigenvalue weighted by atomic mass is 32.1. The number of thiophene rings is 1. The van der Waals surface area contributed by atoms with Crippen LogP contribution in [0.4, 0.5) is 0 Å². The number of para-hydroxylation sites is 1. The smallest absolute Gasteiger partial charge is 0.108 e. The number of hydrogen-bond acceptors (Lipinski definition) is 4. The van der Waals surface area contributed by atoms with Gasteiger partial charge in [0.15, 0.2) is 0 Å². The van der Waals surface area contributed by atoms with E-state index in [4.69, 9.17) is 0 Å². The maximum Gasteiger partial charge on any atom is 0.108 e. The van der Waals surface area contributed by atoms with Gasteiger partial charge in [-0.2, -0.15) is 0 Å². The summed E-state index contributed by atoms with van der Waals surface area (Å²) >= 11 is 3.58. The first-order chi connectivity index (χ1) is 10.4. The largest absolute Gasteiger partial charge is 0.306 e. The molecule has 0 aliphatic heterocycles. The molecule has 2 aromatic carbocycles. The monoisotopic (exact) mass is 310 g/mol. The Morgan fingerprint density at radius 3 is 2.62 bits per heavy atom. The molecule has 21 heavy (non-hydrogen) atoms. The van der Waals surface area contributed by atoms with Gasteiger partial charge in [-0.1, -0.05) is 30.3 Å². The zero-order chi connectivity index (χ0) is 14.1. The van der Waals surface area contributed by atoms with Crippen molar-refractivity contribution < 1.29 is 0 Å². The second-order valence-electron chi connectivity index (χ2n) is 4.94. The molecule has 0 spiro atoms. The summed E-state index contributed by atoms with van der Waals surface area (Å²) in [6, 6.07) is 16.9. The van der Waals surface area contributed by atoms with Gasteiger partial charge in [-0.3, -0.25) is 0 Å². The van der Waals surface area contributed by atoms with Gasteiger partial charge >= 0.3 is 0 Å². The van der Waals surface area contributed by atoms with E-state index >= 15 is 0 Å². The molecule has 0 fully saturated rings. The van der Waals surface area contributed by atoms with Gasteiger partial charge in [0.05, 0.1) is 10.2 Å². The molecule has 0 amide bonds. The first-order valence-electron chi connectivity index (χ1n) is 6.90. The van der Waals surface area contributed by atoms with Gasteiger partial charge in [-0.15, -0.1) is 22.7 Å². The van der Waals surface area contributed by atoms with Crippen molar-refractivity contribution >= 4 is 43.0 Å². The van der Waals surface area contributed by atoms with E-state index < -0.39 is 0 Å². The third-order valence-corrected chi connectivity index (χ3v) is 5.54. The molecule has 2 aromatic heterocycles. The van der Waals surface area contributed by atoms with Crippen LogP contribution in [0.1, 0.15) is 10.6 Å². The summed E-state index contributed by atoms with van der Waals surface area (Å²) in [5.41, 5.74) is 2.47. The molecule has 4 rings (SSSR count). The minimum atomic E-state index is 0.823.